The second-order valence-electron chi connectivity index (χ2n) is 4.52. The van der Waals surface area contributed by atoms with Crippen molar-refractivity contribution >= 4 is 40.1 Å². The van der Waals surface area contributed by atoms with Gasteiger partial charge in [-0.05, 0) is 12.1 Å². The van der Waals surface area contributed by atoms with Crippen molar-refractivity contribution in [1.82, 2.24) is 19.7 Å². The number of aromatic nitrogens is 4. The van der Waals surface area contributed by atoms with Gasteiger partial charge < -0.3 is 4.74 Å². The molecule has 0 aliphatic heterocycles. The SMILES string of the molecule is COC(=O)c1cc(Cl)cc2cnn(Cc3cnc(Cl)cn3)c12. The maximum absolute atomic E-state index is 12.0. The molecule has 22 heavy (non-hydrogen) atoms. The Kier molecular flexibility index (Phi) is 3.96. The van der Waals surface area contributed by atoms with E-state index in [-0.39, 0.29) is 0 Å². The number of rotatable bonds is 3. The lowest BCUT2D eigenvalue weighted by atomic mass is 10.1. The summed E-state index contributed by atoms with van der Waals surface area (Å²) in [5, 5.41) is 5.79. The van der Waals surface area contributed by atoms with Crippen molar-refractivity contribution in [3.05, 3.63) is 52.2 Å². The molecule has 0 aliphatic carbocycles. The Morgan fingerprint density at radius 2 is 2.05 bits per heavy atom. The van der Waals surface area contributed by atoms with Crippen LogP contribution in [0.1, 0.15) is 16.1 Å². The van der Waals surface area contributed by atoms with Crippen LogP contribution in [0.5, 0.6) is 0 Å². The van der Waals surface area contributed by atoms with Crippen LogP contribution >= 0.6 is 23.2 Å². The maximum atomic E-state index is 12.0. The zero-order valence-electron chi connectivity index (χ0n) is 11.5. The molecule has 0 fully saturated rings. The molecule has 0 bridgehead atoms. The Labute approximate surface area is 135 Å². The number of carbonyl (C=O) groups excluding carboxylic acids is 1. The minimum atomic E-state index is -0.476. The number of hydrogen-bond acceptors (Lipinski definition) is 5. The van der Waals surface area contributed by atoms with E-state index in [9.17, 15) is 4.79 Å². The van der Waals surface area contributed by atoms with E-state index in [1.807, 2.05) is 0 Å². The lowest BCUT2D eigenvalue weighted by molar-refractivity contribution is 0.0602. The first-order valence-corrected chi connectivity index (χ1v) is 7.04. The molecular weight excluding hydrogens is 327 g/mol. The first-order valence-electron chi connectivity index (χ1n) is 6.28. The average Bonchev–Trinajstić information content (AvgIpc) is 2.90. The Hall–Kier alpha value is -2.18. The standard InChI is InChI=1S/C14H10Cl2N4O2/c1-22-14(21)11-3-9(15)2-8-4-19-20(13(8)11)7-10-5-18-12(16)6-17-10/h2-6H,7H2,1H3. The summed E-state index contributed by atoms with van der Waals surface area (Å²) in [5.74, 6) is -0.476. The van der Waals surface area contributed by atoms with E-state index in [2.05, 4.69) is 15.1 Å². The number of esters is 1. The number of halogens is 2. The highest BCUT2D eigenvalue weighted by Gasteiger charge is 2.17. The van der Waals surface area contributed by atoms with Gasteiger partial charge >= 0.3 is 5.97 Å². The van der Waals surface area contributed by atoms with Crippen molar-refractivity contribution in [2.75, 3.05) is 7.11 Å². The Morgan fingerprint density at radius 1 is 1.23 bits per heavy atom. The van der Waals surface area contributed by atoms with Crippen LogP contribution in [-0.4, -0.2) is 32.8 Å². The summed E-state index contributed by atoms with van der Waals surface area (Å²) in [6.07, 6.45) is 4.65. The van der Waals surface area contributed by atoms with Gasteiger partial charge in [0.15, 0.2) is 0 Å². The molecule has 2 heterocycles. The van der Waals surface area contributed by atoms with Gasteiger partial charge in [0.25, 0.3) is 0 Å². The largest absolute Gasteiger partial charge is 0.465 e. The van der Waals surface area contributed by atoms with E-state index in [0.29, 0.717) is 33.5 Å². The van der Waals surface area contributed by atoms with Gasteiger partial charge in [0.2, 0.25) is 0 Å². The number of ether oxygens (including phenoxy) is 1. The molecule has 2 aromatic heterocycles. The molecule has 0 N–H and O–H groups in total. The van der Waals surface area contributed by atoms with Gasteiger partial charge in [0, 0.05) is 10.4 Å². The van der Waals surface area contributed by atoms with Crippen molar-refractivity contribution in [3.63, 3.8) is 0 Å². The summed E-state index contributed by atoms with van der Waals surface area (Å²) in [7, 11) is 1.32. The average molecular weight is 337 g/mol. The van der Waals surface area contributed by atoms with Crippen LogP contribution in [0.3, 0.4) is 0 Å². The van der Waals surface area contributed by atoms with Crippen LogP contribution in [-0.2, 0) is 11.3 Å². The van der Waals surface area contributed by atoms with Gasteiger partial charge in [-0.15, -0.1) is 0 Å². The highest BCUT2D eigenvalue weighted by molar-refractivity contribution is 6.32. The topological polar surface area (TPSA) is 69.9 Å². The van der Waals surface area contributed by atoms with Crippen LogP contribution in [0.25, 0.3) is 10.9 Å². The molecule has 1 aromatic carbocycles. The van der Waals surface area contributed by atoms with E-state index in [4.69, 9.17) is 27.9 Å². The molecular formula is C14H10Cl2N4O2. The first-order chi connectivity index (χ1) is 10.6. The smallest absolute Gasteiger partial charge is 0.340 e. The van der Waals surface area contributed by atoms with Crippen LogP contribution in [0, 0.1) is 0 Å². The quantitative estimate of drug-likeness (QED) is 0.687. The second-order valence-corrected chi connectivity index (χ2v) is 5.34. The Bertz CT molecular complexity index is 846. The van der Waals surface area contributed by atoms with Gasteiger partial charge in [-0.1, -0.05) is 23.2 Å². The molecule has 0 saturated carbocycles. The third-order valence-corrected chi connectivity index (χ3v) is 3.50. The van der Waals surface area contributed by atoms with Gasteiger partial charge in [-0.3, -0.25) is 9.67 Å². The molecule has 8 heteroatoms. The maximum Gasteiger partial charge on any atom is 0.340 e. The fourth-order valence-corrected chi connectivity index (χ4v) is 2.48. The number of methoxy groups -OCH3 is 1. The monoisotopic (exact) mass is 336 g/mol. The van der Waals surface area contributed by atoms with Gasteiger partial charge in [0.05, 0.1) is 49.0 Å². The molecule has 0 atom stereocenters. The zero-order valence-corrected chi connectivity index (χ0v) is 13.0. The van der Waals surface area contributed by atoms with Crippen molar-refractivity contribution in [2.45, 2.75) is 6.54 Å². The van der Waals surface area contributed by atoms with Crippen molar-refractivity contribution in [3.8, 4) is 0 Å². The van der Waals surface area contributed by atoms with E-state index in [0.717, 1.165) is 5.39 Å². The van der Waals surface area contributed by atoms with E-state index in [1.54, 1.807) is 29.2 Å². The Morgan fingerprint density at radius 3 is 2.73 bits per heavy atom. The van der Waals surface area contributed by atoms with E-state index < -0.39 is 5.97 Å². The van der Waals surface area contributed by atoms with Gasteiger partial charge in [-0.2, -0.15) is 5.10 Å². The molecule has 0 spiro atoms. The molecule has 0 saturated heterocycles. The minimum Gasteiger partial charge on any atom is -0.465 e. The summed E-state index contributed by atoms with van der Waals surface area (Å²) in [4.78, 5) is 20.1. The number of fused-ring (bicyclic) bond motifs is 1. The highest BCUT2D eigenvalue weighted by atomic mass is 35.5. The lowest BCUT2D eigenvalue weighted by Gasteiger charge is -2.07. The van der Waals surface area contributed by atoms with Crippen LogP contribution in [0.2, 0.25) is 10.2 Å². The molecule has 3 rings (SSSR count). The van der Waals surface area contributed by atoms with E-state index >= 15 is 0 Å². The summed E-state index contributed by atoms with van der Waals surface area (Å²) < 4.78 is 6.45. The van der Waals surface area contributed by atoms with Crippen molar-refractivity contribution in [2.24, 2.45) is 0 Å². The van der Waals surface area contributed by atoms with Gasteiger partial charge in [0.1, 0.15) is 5.15 Å². The summed E-state index contributed by atoms with van der Waals surface area (Å²) in [5.41, 5.74) is 1.65. The third kappa shape index (κ3) is 2.75. The van der Waals surface area contributed by atoms with Crippen molar-refractivity contribution in [1.29, 1.82) is 0 Å². The number of nitrogens with zero attached hydrogens (tertiary/aromatic N) is 4. The zero-order chi connectivity index (χ0) is 15.7. The predicted octanol–water partition coefficient (Wildman–Crippen LogP) is 2.97. The fraction of sp³-hybridized carbons (Fsp3) is 0.143. The molecule has 112 valence electrons. The highest BCUT2D eigenvalue weighted by Crippen LogP contribution is 2.25. The molecule has 6 nitrogen and oxygen atoms in total. The summed E-state index contributed by atoms with van der Waals surface area (Å²) >= 11 is 11.7. The van der Waals surface area contributed by atoms with Crippen LogP contribution < -0.4 is 0 Å². The second kappa shape index (κ2) is 5.90. The fourth-order valence-electron chi connectivity index (χ4n) is 2.16. The molecule has 0 unspecified atom stereocenters. The molecule has 3 aromatic rings. The molecule has 0 radical (unpaired) electrons. The molecule has 0 amide bonds. The third-order valence-electron chi connectivity index (χ3n) is 3.09. The van der Waals surface area contributed by atoms with Crippen LogP contribution in [0.15, 0.2) is 30.7 Å². The number of hydrogen-bond donors (Lipinski definition) is 0. The predicted molar refractivity (Wildman–Crippen MR) is 82.2 cm³/mol. The number of carbonyl (C=O) groups is 1. The molecule has 0 aliphatic rings. The summed E-state index contributed by atoms with van der Waals surface area (Å²) in [6.45, 7) is 0.347. The Balaban J connectivity index is 2.10. The summed E-state index contributed by atoms with van der Waals surface area (Å²) in [6, 6.07) is 3.29. The van der Waals surface area contributed by atoms with Crippen molar-refractivity contribution < 1.29 is 9.53 Å². The van der Waals surface area contributed by atoms with Gasteiger partial charge in [-0.25, -0.2) is 9.78 Å². The number of benzene rings is 1. The lowest BCUT2D eigenvalue weighted by Crippen LogP contribution is -2.09. The first kappa shape index (κ1) is 14.7. The van der Waals surface area contributed by atoms with Crippen LogP contribution in [0.4, 0.5) is 0 Å². The normalized spacial score (nSPS) is 10.9. The van der Waals surface area contributed by atoms with E-state index in [1.165, 1.54) is 13.3 Å². The minimum absolute atomic E-state index is 0.316.